The number of carbonyl (C=O) groups excluding carboxylic acids is 1. The maximum Gasteiger partial charge on any atom is 0.459 e. The molecule has 0 bridgehead atoms. The van der Waals surface area contributed by atoms with Crippen molar-refractivity contribution in [3.05, 3.63) is 190 Å². The van der Waals surface area contributed by atoms with Crippen molar-refractivity contribution < 1.29 is 47.6 Å². The number of hydrogen-bond acceptors (Lipinski definition) is 16. The van der Waals surface area contributed by atoms with Crippen LogP contribution in [0.3, 0.4) is 0 Å². The summed E-state index contributed by atoms with van der Waals surface area (Å²) in [6.07, 6.45) is 11.8. The number of carbonyl (C=O) groups is 1. The normalized spacial score (nSPS) is 18.3. The van der Waals surface area contributed by atoms with Gasteiger partial charge in [0.15, 0.2) is 0 Å². The number of rotatable bonds is 18. The lowest BCUT2D eigenvalue weighted by atomic mass is 9.77. The van der Waals surface area contributed by atoms with Gasteiger partial charge in [0.05, 0.1) is 37.6 Å². The number of methoxy groups -OCH3 is 1. The van der Waals surface area contributed by atoms with Crippen molar-refractivity contribution in [3.63, 3.8) is 0 Å². The zero-order valence-electron chi connectivity index (χ0n) is 58.9. The van der Waals surface area contributed by atoms with E-state index in [1.54, 1.807) is 67.0 Å². The predicted molar refractivity (Wildman–Crippen MR) is 403 cm³/mol. The highest BCUT2D eigenvalue weighted by Gasteiger charge is 2.48. The van der Waals surface area contributed by atoms with Crippen LogP contribution >= 0.6 is 7.75 Å². The van der Waals surface area contributed by atoms with Crippen molar-refractivity contribution in [2.75, 3.05) is 18.2 Å². The molecule has 19 nitrogen and oxygen atoms in total. The van der Waals surface area contributed by atoms with Crippen molar-refractivity contribution in [2.45, 2.75) is 123 Å². The number of aromatic nitrogens is 4. The van der Waals surface area contributed by atoms with E-state index in [0.29, 0.717) is 11.2 Å². The number of aliphatic hydroxyl groups excluding tert-OH is 2. The van der Waals surface area contributed by atoms with Gasteiger partial charge in [-0.25, -0.2) is 14.2 Å². The molecule has 2 aromatic heterocycles. The second kappa shape index (κ2) is 40.7. The van der Waals surface area contributed by atoms with E-state index in [-0.39, 0.29) is 35.6 Å². The molecule has 6 N–H and O–H groups in total. The highest BCUT2D eigenvalue weighted by atomic mass is 31.2. The first kappa shape index (κ1) is 80.5. The van der Waals surface area contributed by atoms with E-state index in [1.165, 1.54) is 28.3 Å². The number of ether oxygens (including phenoxy) is 4. The largest absolute Gasteiger partial charge is 0.497 e. The summed E-state index contributed by atoms with van der Waals surface area (Å²) in [7, 11) is -2.66. The van der Waals surface area contributed by atoms with Crippen LogP contribution in [0, 0.1) is 161 Å². The van der Waals surface area contributed by atoms with Crippen molar-refractivity contribution in [3.8, 4) is 155 Å². The molecule has 0 spiro atoms. The number of benzene rings is 5. The summed E-state index contributed by atoms with van der Waals surface area (Å²) in [5, 5.41) is 29.0. The van der Waals surface area contributed by atoms with E-state index in [4.69, 9.17) is 53.0 Å². The Morgan fingerprint density at radius 1 is 0.606 bits per heavy atom. The summed E-state index contributed by atoms with van der Waals surface area (Å²) in [6.45, 7) is 15.7. The summed E-state index contributed by atoms with van der Waals surface area (Å²) in [5.41, 5.74) is 6.66. The third-order valence-corrected chi connectivity index (χ3v) is 17.5. The van der Waals surface area contributed by atoms with Gasteiger partial charge < -0.3 is 44.7 Å². The van der Waals surface area contributed by atoms with Crippen molar-refractivity contribution in [1.82, 2.24) is 24.2 Å². The fourth-order valence-corrected chi connectivity index (χ4v) is 12.5. The Hall–Kier alpha value is -12.5. The van der Waals surface area contributed by atoms with Crippen molar-refractivity contribution >= 4 is 36.1 Å². The molecule has 2 fully saturated rings. The minimum atomic E-state index is -4.30. The lowest BCUT2D eigenvalue weighted by Gasteiger charge is -2.37. The molecule has 7 aromatic rings. The zero-order chi connectivity index (χ0) is 75.6. The maximum absolute atomic E-state index is 14.2. The van der Waals surface area contributed by atoms with Crippen LogP contribution in [0.1, 0.15) is 91.5 Å². The fraction of sp³-hybridized carbons (Fsp3) is 0.274. The number of nitrogens with one attached hydrogen (secondary N) is 2. The lowest BCUT2D eigenvalue weighted by Crippen LogP contribution is -2.40. The van der Waals surface area contributed by atoms with Crippen LogP contribution in [0.15, 0.2) is 162 Å². The van der Waals surface area contributed by atoms with Gasteiger partial charge in [-0.2, -0.15) is 15.1 Å². The molecule has 0 saturated carbocycles. The first-order valence-corrected chi connectivity index (χ1v) is 34.0. The third-order valence-electron chi connectivity index (χ3n) is 15.7. The first-order valence-electron chi connectivity index (χ1n) is 32.4. The summed E-state index contributed by atoms with van der Waals surface area (Å²) >= 11 is 0. The van der Waals surface area contributed by atoms with Crippen molar-refractivity contribution in [1.29, 1.82) is 0 Å². The number of aliphatic hydroxyl groups is 2. The number of terminal acetylenes is 3. The van der Waals surface area contributed by atoms with Gasteiger partial charge in [-0.1, -0.05) is 136 Å². The van der Waals surface area contributed by atoms with Crippen LogP contribution in [0.4, 0.5) is 11.6 Å². The smallest absolute Gasteiger partial charge is 0.459 e. The number of fused-ring (bicyclic) bond motifs is 1. The number of nitrogen functional groups attached to an aromatic ring is 1. The van der Waals surface area contributed by atoms with Crippen LogP contribution in [-0.2, 0) is 33.6 Å². The highest BCUT2D eigenvalue weighted by molar-refractivity contribution is 7.52. The molecule has 12 atom stereocenters. The van der Waals surface area contributed by atoms with Gasteiger partial charge in [-0.15, -0.1) is 19.3 Å². The minimum Gasteiger partial charge on any atom is -0.497 e. The predicted octanol–water partition coefficient (Wildman–Crippen LogP) is 9.52. The topological polar surface area (TPSA) is 250 Å². The molecule has 20 heteroatoms. The van der Waals surface area contributed by atoms with Crippen LogP contribution in [0.2, 0.25) is 0 Å². The van der Waals surface area contributed by atoms with E-state index in [2.05, 4.69) is 169 Å². The molecule has 2 saturated heterocycles. The average molecular weight is 1410 g/mol. The second-order valence-electron chi connectivity index (χ2n) is 23.2. The van der Waals surface area contributed by atoms with Gasteiger partial charge in [0.2, 0.25) is 0 Å². The number of hydrogen-bond donors (Lipinski definition) is 5. The number of esters is 1. The Labute approximate surface area is 608 Å². The molecule has 524 valence electrons. The quantitative estimate of drug-likeness (QED) is 0.0232. The Morgan fingerprint density at radius 2 is 1.08 bits per heavy atom. The van der Waals surface area contributed by atoms with Gasteiger partial charge in [0.25, 0.3) is 0 Å². The fourth-order valence-electron chi connectivity index (χ4n) is 10.8. The Kier molecular flexibility index (Phi) is 31.5. The van der Waals surface area contributed by atoms with Gasteiger partial charge in [0, 0.05) is 29.6 Å². The molecule has 5 aromatic carbocycles. The van der Waals surface area contributed by atoms with E-state index in [1.807, 2.05) is 111 Å². The van der Waals surface area contributed by atoms with E-state index >= 15 is 0 Å². The van der Waals surface area contributed by atoms with E-state index in [9.17, 15) is 29.2 Å². The van der Waals surface area contributed by atoms with Crippen LogP contribution < -0.4 is 36.8 Å². The second-order valence-corrected chi connectivity index (χ2v) is 24.8. The summed E-state index contributed by atoms with van der Waals surface area (Å²) < 4.78 is 51.8. The molecule has 2 aliphatic rings. The van der Waals surface area contributed by atoms with Gasteiger partial charge in [-0.3, -0.25) is 18.5 Å². The maximum atomic E-state index is 14.2. The molecule has 9 rings (SSSR count). The molecule has 104 heavy (non-hydrogen) atoms. The summed E-state index contributed by atoms with van der Waals surface area (Å²) in [5.74, 6) is 50.8. The first-order chi connectivity index (χ1) is 50.1. The highest BCUT2D eigenvalue weighted by Crippen LogP contribution is 2.50. The monoisotopic (exact) mass is 1410 g/mol. The Bertz CT molecular complexity index is 5000. The molecule has 0 radical (unpaired) electrons. The molecule has 4 heterocycles. The molecular formula is C84H76N7O12P. The minimum absolute atomic E-state index is 0.0370. The zero-order valence-corrected chi connectivity index (χ0v) is 59.8. The van der Waals surface area contributed by atoms with Gasteiger partial charge >= 0.3 is 25.1 Å². The Morgan fingerprint density at radius 3 is 1.57 bits per heavy atom. The van der Waals surface area contributed by atoms with Gasteiger partial charge in [-0.05, 0) is 218 Å². The molecule has 3 unspecified atom stereocenters. The SMILES string of the molecule is C#CC#CC#CC#CC#C.C#CC#CC#CC#CC#CC#CC#CC.CC(C)OC(=O)[C@H](C)NP(=O)(Oc1cccc2ccccc12)OC(C)[C@H]1O[C@@H](n2ccc(N)nc2=O)[C@@H](C)[C@@H]1O.COc1ccc(C(Nc2ccn([C@@H]3O[C@H](C(C)O)[C@@H](C)[C@@H]3C)c(=O)n2)(c2ccccc2)c2ccccc2)cc1. The Balaban J connectivity index is 0.000000247. The van der Waals surface area contributed by atoms with E-state index in [0.717, 1.165) is 27.8 Å². The molecule has 0 amide bonds. The standard InChI is InChI=1S/C32H35N3O4.C27H35N4O8P.C15H4.C10H2/c1-21-22(2)30(39-29(21)23(3)36)35-20-19-28(33-31(35)37)34-32(24-11-7-5-8-12-24,25-13-9-6-10-14-25)26-15-17-27(38-4)18-16-26;1-15(2)36-26(33)17(4)30-40(35,39-21-12-8-10-19-9-6-7-11-20(19)21)38-18(5)24-23(32)16(3)25(37-24)31-14-13-22(28)29-27(31)34;1-3-5-7-9-11-13-15-14-12-10-8-6-4-2;1-3-5-7-9-10-8-6-4-2/h5-23,29-30,36H,1-4H3,(H,33,34,37);6-18,23-25,32H,1-5H3,(H,30,35)(H2,28,29,34);1H,2H3;1-2H/t21-,22-,23?,29-,30+;16-,17-,18?,23-,24+,25+,40?;;/m00../s1. The lowest BCUT2D eigenvalue weighted by molar-refractivity contribution is -0.149. The van der Waals surface area contributed by atoms with Gasteiger partial charge in [0.1, 0.15) is 53.3 Å². The van der Waals surface area contributed by atoms with Crippen molar-refractivity contribution in [2.24, 2.45) is 17.8 Å². The summed E-state index contributed by atoms with van der Waals surface area (Å²) in [6, 6.07) is 43.0. The van der Waals surface area contributed by atoms with E-state index < -0.39 is 79.5 Å². The van der Waals surface area contributed by atoms with Crippen LogP contribution in [0.5, 0.6) is 11.5 Å². The van der Waals surface area contributed by atoms with Crippen LogP contribution in [-0.4, -0.2) is 85.1 Å². The average Bonchev–Trinajstić information content (AvgIpc) is 0.862. The molecule has 0 aliphatic carbocycles. The summed E-state index contributed by atoms with van der Waals surface area (Å²) in [4.78, 5) is 46.6. The number of nitrogens with zero attached hydrogens (tertiary/aromatic N) is 4. The number of anilines is 2. The third kappa shape index (κ3) is 22.8. The van der Waals surface area contributed by atoms with Crippen LogP contribution in [0.25, 0.3) is 10.8 Å². The molecule has 2 aliphatic heterocycles. The number of nitrogens with two attached hydrogens (primary N) is 1. The molecular weight excluding hydrogens is 1330 g/mol.